The molecule has 1 N–H and O–H groups in total. The summed E-state index contributed by atoms with van der Waals surface area (Å²) in [6.07, 6.45) is 0. The van der Waals surface area contributed by atoms with Gasteiger partial charge in [-0.15, -0.1) is 0 Å². The van der Waals surface area contributed by atoms with Crippen molar-refractivity contribution in [1.29, 1.82) is 0 Å². The van der Waals surface area contributed by atoms with Crippen LogP contribution in [0, 0.1) is 11.8 Å². The second-order valence-corrected chi connectivity index (χ2v) is 4.45. The van der Waals surface area contributed by atoms with E-state index in [4.69, 9.17) is 9.84 Å². The molecule has 14 heavy (non-hydrogen) atoms. The largest absolute Gasteiger partial charge is 0.481 e. The lowest BCUT2D eigenvalue weighted by atomic mass is 9.96. The maximum absolute atomic E-state index is 11.4. The standard InChI is InChI=1S/C10H18O4/c1-6(8(11)12)7(2)9(13)14-10(3,4)5/h6-7H,1-5H3,(H,11,12)/t6-,7+/m0/s1. The zero-order valence-corrected chi connectivity index (χ0v) is 9.33. The third kappa shape index (κ3) is 4.25. The van der Waals surface area contributed by atoms with Gasteiger partial charge in [0.05, 0.1) is 11.8 Å². The molecule has 0 saturated carbocycles. The van der Waals surface area contributed by atoms with Crippen LogP contribution in [-0.4, -0.2) is 22.6 Å². The van der Waals surface area contributed by atoms with Gasteiger partial charge in [-0.2, -0.15) is 0 Å². The fourth-order valence-electron chi connectivity index (χ4n) is 0.813. The number of ether oxygens (including phenoxy) is 1. The molecule has 0 aromatic heterocycles. The Labute approximate surface area is 84.3 Å². The van der Waals surface area contributed by atoms with Crippen LogP contribution in [-0.2, 0) is 14.3 Å². The number of esters is 1. The molecule has 0 rings (SSSR count). The number of carboxylic acids is 1. The van der Waals surface area contributed by atoms with Crippen molar-refractivity contribution in [3.05, 3.63) is 0 Å². The summed E-state index contributed by atoms with van der Waals surface area (Å²) in [4.78, 5) is 22.0. The third-order valence-electron chi connectivity index (χ3n) is 1.92. The van der Waals surface area contributed by atoms with E-state index in [1.165, 1.54) is 6.92 Å². The van der Waals surface area contributed by atoms with Crippen LogP contribution < -0.4 is 0 Å². The van der Waals surface area contributed by atoms with Gasteiger partial charge in [0.15, 0.2) is 0 Å². The van der Waals surface area contributed by atoms with Crippen molar-refractivity contribution in [1.82, 2.24) is 0 Å². The van der Waals surface area contributed by atoms with Gasteiger partial charge in [0.2, 0.25) is 0 Å². The van der Waals surface area contributed by atoms with Crippen LogP contribution in [0.5, 0.6) is 0 Å². The predicted molar refractivity (Wildman–Crippen MR) is 51.8 cm³/mol. The van der Waals surface area contributed by atoms with Gasteiger partial charge in [0, 0.05) is 0 Å². The number of carboxylic acid groups (broad SMARTS) is 1. The first-order valence-electron chi connectivity index (χ1n) is 4.61. The highest BCUT2D eigenvalue weighted by Crippen LogP contribution is 2.17. The van der Waals surface area contributed by atoms with Crippen LogP contribution in [0.2, 0.25) is 0 Å². The summed E-state index contributed by atoms with van der Waals surface area (Å²) in [7, 11) is 0. The van der Waals surface area contributed by atoms with Gasteiger partial charge >= 0.3 is 11.9 Å². The molecule has 0 bridgehead atoms. The summed E-state index contributed by atoms with van der Waals surface area (Å²) in [6.45, 7) is 8.32. The minimum absolute atomic E-state index is 0.465. The highest BCUT2D eigenvalue weighted by molar-refractivity contribution is 5.80. The first-order valence-corrected chi connectivity index (χ1v) is 4.61. The van der Waals surface area contributed by atoms with Crippen LogP contribution in [0.1, 0.15) is 34.6 Å². The Balaban J connectivity index is 4.33. The summed E-state index contributed by atoms with van der Waals surface area (Å²) in [6, 6.07) is 0. The van der Waals surface area contributed by atoms with Crippen LogP contribution in [0.25, 0.3) is 0 Å². The highest BCUT2D eigenvalue weighted by atomic mass is 16.6. The van der Waals surface area contributed by atoms with Gasteiger partial charge in [0.1, 0.15) is 5.60 Å². The third-order valence-corrected chi connectivity index (χ3v) is 1.92. The summed E-state index contributed by atoms with van der Waals surface area (Å²) in [5.41, 5.74) is -0.566. The molecule has 0 radical (unpaired) electrons. The number of rotatable bonds is 3. The Hall–Kier alpha value is -1.06. The molecule has 0 spiro atoms. The lowest BCUT2D eigenvalue weighted by molar-refractivity contribution is -0.165. The highest BCUT2D eigenvalue weighted by Gasteiger charge is 2.29. The van der Waals surface area contributed by atoms with E-state index in [0.717, 1.165) is 0 Å². The molecule has 0 aliphatic rings. The van der Waals surface area contributed by atoms with Crippen LogP contribution in [0.4, 0.5) is 0 Å². The van der Waals surface area contributed by atoms with Crippen LogP contribution in [0.15, 0.2) is 0 Å². The minimum Gasteiger partial charge on any atom is -0.481 e. The molecule has 0 amide bonds. The van der Waals surface area contributed by atoms with E-state index in [1.807, 2.05) is 0 Å². The van der Waals surface area contributed by atoms with Crippen molar-refractivity contribution in [2.75, 3.05) is 0 Å². The fraction of sp³-hybridized carbons (Fsp3) is 0.800. The Bertz CT molecular complexity index is 227. The van der Waals surface area contributed by atoms with Crippen molar-refractivity contribution in [3.63, 3.8) is 0 Å². The van der Waals surface area contributed by atoms with Gasteiger partial charge < -0.3 is 9.84 Å². The average Bonchev–Trinajstić information content (AvgIpc) is 1.98. The molecular formula is C10H18O4. The van der Waals surface area contributed by atoms with Crippen molar-refractivity contribution < 1.29 is 19.4 Å². The van der Waals surface area contributed by atoms with Gasteiger partial charge in [-0.1, -0.05) is 13.8 Å². The Morgan fingerprint density at radius 3 is 1.86 bits per heavy atom. The van der Waals surface area contributed by atoms with Gasteiger partial charge in [-0.05, 0) is 20.8 Å². The summed E-state index contributed by atoms with van der Waals surface area (Å²) >= 11 is 0. The quantitative estimate of drug-likeness (QED) is 0.707. The molecule has 0 saturated heterocycles. The van der Waals surface area contributed by atoms with E-state index >= 15 is 0 Å². The molecule has 4 heteroatoms. The normalized spacial score (nSPS) is 15.8. The Morgan fingerprint density at radius 1 is 1.14 bits per heavy atom. The molecule has 2 atom stereocenters. The summed E-state index contributed by atoms with van der Waals surface area (Å²) in [5, 5.41) is 8.69. The maximum Gasteiger partial charge on any atom is 0.310 e. The zero-order chi connectivity index (χ0) is 11.5. The first-order chi connectivity index (χ1) is 6.15. The van der Waals surface area contributed by atoms with E-state index in [-0.39, 0.29) is 0 Å². The van der Waals surface area contributed by atoms with Crippen LogP contribution >= 0.6 is 0 Å². The molecule has 0 aliphatic carbocycles. The van der Waals surface area contributed by atoms with E-state index in [9.17, 15) is 9.59 Å². The predicted octanol–water partition coefficient (Wildman–Crippen LogP) is 1.68. The SMILES string of the molecule is C[C@H](C(=O)O)[C@@H](C)C(=O)OC(C)(C)C. The lowest BCUT2D eigenvalue weighted by Crippen LogP contribution is -2.32. The fourth-order valence-corrected chi connectivity index (χ4v) is 0.813. The van der Waals surface area contributed by atoms with E-state index < -0.39 is 29.4 Å². The Morgan fingerprint density at radius 2 is 1.57 bits per heavy atom. The summed E-state index contributed by atoms with van der Waals surface area (Å²) < 4.78 is 5.07. The van der Waals surface area contributed by atoms with Crippen LogP contribution in [0.3, 0.4) is 0 Å². The topological polar surface area (TPSA) is 63.6 Å². The molecule has 0 aromatic rings. The molecule has 0 aliphatic heterocycles. The monoisotopic (exact) mass is 202 g/mol. The molecule has 4 nitrogen and oxygen atoms in total. The number of hydrogen-bond acceptors (Lipinski definition) is 3. The second kappa shape index (κ2) is 4.44. The molecule has 0 aromatic carbocycles. The number of carbonyl (C=O) groups excluding carboxylic acids is 1. The van der Waals surface area contributed by atoms with Gasteiger partial charge in [-0.25, -0.2) is 0 Å². The molecular weight excluding hydrogens is 184 g/mol. The van der Waals surface area contributed by atoms with Crippen molar-refractivity contribution >= 4 is 11.9 Å². The van der Waals surface area contributed by atoms with Gasteiger partial charge in [-0.3, -0.25) is 9.59 Å². The zero-order valence-electron chi connectivity index (χ0n) is 9.33. The number of hydrogen-bond donors (Lipinski definition) is 1. The number of carbonyl (C=O) groups is 2. The van der Waals surface area contributed by atoms with Crippen molar-refractivity contribution in [2.45, 2.75) is 40.2 Å². The van der Waals surface area contributed by atoms with E-state index in [0.29, 0.717) is 0 Å². The molecule has 0 unspecified atom stereocenters. The first kappa shape index (κ1) is 12.9. The number of aliphatic carboxylic acids is 1. The minimum atomic E-state index is -0.983. The Kier molecular flexibility index (Phi) is 4.10. The second-order valence-electron chi connectivity index (χ2n) is 4.45. The van der Waals surface area contributed by atoms with Gasteiger partial charge in [0.25, 0.3) is 0 Å². The van der Waals surface area contributed by atoms with E-state index in [2.05, 4.69) is 0 Å². The molecule has 0 fully saturated rings. The smallest absolute Gasteiger partial charge is 0.310 e. The maximum atomic E-state index is 11.4. The van der Waals surface area contributed by atoms with Crippen molar-refractivity contribution in [3.8, 4) is 0 Å². The van der Waals surface area contributed by atoms with Crippen molar-refractivity contribution in [2.24, 2.45) is 11.8 Å². The molecule has 82 valence electrons. The summed E-state index contributed by atoms with van der Waals surface area (Å²) in [5.74, 6) is -2.78. The average molecular weight is 202 g/mol. The lowest BCUT2D eigenvalue weighted by Gasteiger charge is -2.23. The van der Waals surface area contributed by atoms with E-state index in [1.54, 1.807) is 27.7 Å². The molecule has 0 heterocycles.